The largest absolute Gasteiger partial charge is 0.409 e. The fraction of sp³-hybridized carbons (Fsp3) is 0.400. The Morgan fingerprint density at radius 3 is 2.81 bits per heavy atom. The van der Waals surface area contributed by atoms with Gasteiger partial charge in [-0.25, -0.2) is 4.98 Å². The average Bonchev–Trinajstić information content (AvgIpc) is 2.82. The number of aromatic nitrogens is 1. The second-order valence-corrected chi connectivity index (χ2v) is 4.05. The van der Waals surface area contributed by atoms with E-state index in [0.717, 1.165) is 25.9 Å². The molecule has 1 aliphatic rings. The summed E-state index contributed by atoms with van der Waals surface area (Å²) >= 11 is 6.19. The topological polar surface area (TPSA) is 74.7 Å². The van der Waals surface area contributed by atoms with Crippen LogP contribution in [0, 0.1) is 0 Å². The van der Waals surface area contributed by atoms with Crippen LogP contribution in [0.2, 0.25) is 5.02 Å². The molecule has 0 saturated carbocycles. The van der Waals surface area contributed by atoms with Gasteiger partial charge in [0.25, 0.3) is 0 Å². The van der Waals surface area contributed by atoms with Gasteiger partial charge >= 0.3 is 0 Å². The second kappa shape index (κ2) is 4.57. The number of rotatable bonds is 2. The van der Waals surface area contributed by atoms with Crippen molar-refractivity contribution in [1.82, 2.24) is 4.98 Å². The molecular formula is C10H13ClN4O. The smallest absolute Gasteiger partial charge is 0.171 e. The maximum Gasteiger partial charge on any atom is 0.171 e. The van der Waals surface area contributed by atoms with Gasteiger partial charge in [-0.15, -0.1) is 0 Å². The minimum absolute atomic E-state index is 0.00727. The van der Waals surface area contributed by atoms with E-state index in [4.69, 9.17) is 22.5 Å². The molecule has 0 spiro atoms. The van der Waals surface area contributed by atoms with Crippen molar-refractivity contribution in [3.8, 4) is 0 Å². The van der Waals surface area contributed by atoms with Gasteiger partial charge in [-0.3, -0.25) is 0 Å². The lowest BCUT2D eigenvalue weighted by molar-refractivity contribution is 0.318. The van der Waals surface area contributed by atoms with Crippen molar-refractivity contribution >= 4 is 23.3 Å². The third kappa shape index (κ3) is 1.90. The second-order valence-electron chi connectivity index (χ2n) is 3.68. The lowest BCUT2D eigenvalue weighted by atomic mass is 10.2. The van der Waals surface area contributed by atoms with E-state index in [9.17, 15) is 0 Å². The maximum absolute atomic E-state index is 8.64. The molecule has 1 aromatic rings. The number of pyridine rings is 1. The van der Waals surface area contributed by atoms with Gasteiger partial charge < -0.3 is 15.8 Å². The van der Waals surface area contributed by atoms with Crippen LogP contribution in [0.4, 0.5) is 5.82 Å². The molecule has 16 heavy (non-hydrogen) atoms. The van der Waals surface area contributed by atoms with Gasteiger partial charge in [-0.05, 0) is 18.9 Å². The molecule has 1 aliphatic heterocycles. The highest BCUT2D eigenvalue weighted by atomic mass is 35.5. The van der Waals surface area contributed by atoms with Gasteiger partial charge in [0, 0.05) is 24.8 Å². The number of amidine groups is 1. The SMILES string of the molecule is N/C(=N/O)c1ccnc(N2CCCC2)c1Cl. The zero-order valence-electron chi connectivity index (χ0n) is 8.73. The van der Waals surface area contributed by atoms with Crippen molar-refractivity contribution in [2.24, 2.45) is 10.9 Å². The summed E-state index contributed by atoms with van der Waals surface area (Å²) in [5.41, 5.74) is 6.05. The van der Waals surface area contributed by atoms with Crippen molar-refractivity contribution in [3.05, 3.63) is 22.8 Å². The molecule has 1 saturated heterocycles. The van der Waals surface area contributed by atoms with Gasteiger partial charge in [0.2, 0.25) is 0 Å². The summed E-state index contributed by atoms with van der Waals surface area (Å²) in [5, 5.41) is 12.0. The first-order valence-electron chi connectivity index (χ1n) is 5.11. The fourth-order valence-corrected chi connectivity index (χ4v) is 2.16. The van der Waals surface area contributed by atoms with Crippen LogP contribution in [0.1, 0.15) is 18.4 Å². The Morgan fingerprint density at radius 2 is 2.19 bits per heavy atom. The summed E-state index contributed by atoms with van der Waals surface area (Å²) in [7, 11) is 0. The minimum Gasteiger partial charge on any atom is -0.409 e. The molecule has 0 unspecified atom stereocenters. The molecule has 0 atom stereocenters. The Bertz CT molecular complexity index is 415. The molecular weight excluding hydrogens is 228 g/mol. The highest BCUT2D eigenvalue weighted by molar-refractivity contribution is 6.36. The van der Waals surface area contributed by atoms with Gasteiger partial charge in [0.05, 0.1) is 5.02 Å². The molecule has 1 aromatic heterocycles. The Hall–Kier alpha value is -1.49. The van der Waals surface area contributed by atoms with Crippen LogP contribution in [0.15, 0.2) is 17.4 Å². The summed E-state index contributed by atoms with van der Waals surface area (Å²) < 4.78 is 0. The highest BCUT2D eigenvalue weighted by Crippen LogP contribution is 2.29. The first kappa shape index (κ1) is 11.0. The van der Waals surface area contributed by atoms with E-state index >= 15 is 0 Å². The predicted octanol–water partition coefficient (Wildman–Crippen LogP) is 1.43. The van der Waals surface area contributed by atoms with Gasteiger partial charge in [-0.2, -0.15) is 0 Å². The highest BCUT2D eigenvalue weighted by Gasteiger charge is 2.19. The summed E-state index contributed by atoms with van der Waals surface area (Å²) in [4.78, 5) is 6.35. The number of nitrogens with two attached hydrogens (primary N) is 1. The fourth-order valence-electron chi connectivity index (χ4n) is 1.83. The maximum atomic E-state index is 8.64. The number of nitrogens with zero attached hydrogens (tertiary/aromatic N) is 3. The molecule has 2 rings (SSSR count). The Kier molecular flexibility index (Phi) is 3.14. The molecule has 2 heterocycles. The molecule has 3 N–H and O–H groups in total. The Balaban J connectivity index is 2.39. The number of oxime groups is 1. The van der Waals surface area contributed by atoms with E-state index in [2.05, 4.69) is 15.0 Å². The predicted molar refractivity (Wildman–Crippen MR) is 63.2 cm³/mol. The van der Waals surface area contributed by atoms with E-state index in [-0.39, 0.29) is 5.84 Å². The van der Waals surface area contributed by atoms with Crippen molar-refractivity contribution in [1.29, 1.82) is 0 Å². The lowest BCUT2D eigenvalue weighted by Crippen LogP contribution is -2.21. The van der Waals surface area contributed by atoms with Gasteiger partial charge in [0.1, 0.15) is 5.82 Å². The molecule has 0 aliphatic carbocycles. The minimum atomic E-state index is 0.00727. The summed E-state index contributed by atoms with van der Waals surface area (Å²) in [5.74, 6) is 0.719. The van der Waals surface area contributed by atoms with Crippen LogP contribution in [0.3, 0.4) is 0 Å². The number of hydrogen-bond donors (Lipinski definition) is 2. The molecule has 0 bridgehead atoms. The van der Waals surface area contributed by atoms with Crippen molar-refractivity contribution in [2.45, 2.75) is 12.8 Å². The van der Waals surface area contributed by atoms with Crippen LogP contribution in [0.25, 0.3) is 0 Å². The molecule has 0 aromatic carbocycles. The van der Waals surface area contributed by atoms with Crippen molar-refractivity contribution in [3.63, 3.8) is 0 Å². The number of hydrogen-bond acceptors (Lipinski definition) is 4. The average molecular weight is 241 g/mol. The zero-order valence-corrected chi connectivity index (χ0v) is 9.48. The molecule has 86 valence electrons. The third-order valence-electron chi connectivity index (χ3n) is 2.66. The van der Waals surface area contributed by atoms with E-state index in [0.29, 0.717) is 16.4 Å². The van der Waals surface area contributed by atoms with Crippen molar-refractivity contribution < 1.29 is 5.21 Å². The van der Waals surface area contributed by atoms with Crippen LogP contribution in [-0.4, -0.2) is 29.1 Å². The van der Waals surface area contributed by atoms with E-state index in [1.165, 1.54) is 0 Å². The van der Waals surface area contributed by atoms with Crippen LogP contribution < -0.4 is 10.6 Å². The Morgan fingerprint density at radius 1 is 1.50 bits per heavy atom. The molecule has 5 nitrogen and oxygen atoms in total. The van der Waals surface area contributed by atoms with E-state index < -0.39 is 0 Å². The molecule has 0 radical (unpaired) electrons. The molecule has 1 fully saturated rings. The summed E-state index contributed by atoms with van der Waals surface area (Å²) in [6.07, 6.45) is 3.91. The normalized spacial score (nSPS) is 16.8. The number of anilines is 1. The molecule has 0 amide bonds. The van der Waals surface area contributed by atoms with E-state index in [1.807, 2.05) is 0 Å². The monoisotopic (exact) mass is 240 g/mol. The standard InChI is InChI=1S/C10H13ClN4O/c11-8-7(9(12)14-16)3-4-13-10(8)15-5-1-2-6-15/h3-4,16H,1-2,5-6H2,(H2,12,14). The summed E-state index contributed by atoms with van der Waals surface area (Å²) in [6, 6.07) is 1.64. The number of halogens is 1. The van der Waals surface area contributed by atoms with Crippen LogP contribution in [0.5, 0.6) is 0 Å². The third-order valence-corrected chi connectivity index (χ3v) is 3.03. The van der Waals surface area contributed by atoms with Gasteiger partial charge in [0.15, 0.2) is 5.84 Å². The van der Waals surface area contributed by atoms with Crippen LogP contribution >= 0.6 is 11.6 Å². The van der Waals surface area contributed by atoms with Crippen LogP contribution in [-0.2, 0) is 0 Å². The van der Waals surface area contributed by atoms with E-state index in [1.54, 1.807) is 12.3 Å². The quantitative estimate of drug-likeness (QED) is 0.355. The Labute approximate surface area is 98.5 Å². The zero-order chi connectivity index (χ0) is 11.5. The first-order valence-corrected chi connectivity index (χ1v) is 5.49. The van der Waals surface area contributed by atoms with Gasteiger partial charge in [-0.1, -0.05) is 16.8 Å². The van der Waals surface area contributed by atoms with Crippen molar-refractivity contribution in [2.75, 3.05) is 18.0 Å². The first-order chi connectivity index (χ1) is 7.74. The lowest BCUT2D eigenvalue weighted by Gasteiger charge is -2.18. The molecule has 6 heteroatoms. The summed E-state index contributed by atoms with van der Waals surface area (Å²) in [6.45, 7) is 1.90.